The normalized spacial score (nSPS) is 24.2. The van der Waals surface area contributed by atoms with Crippen LogP contribution in [0.25, 0.3) is 0 Å². The number of hydrogen-bond donors (Lipinski definition) is 1. The van der Waals surface area contributed by atoms with E-state index in [1.165, 1.54) is 0 Å². The van der Waals surface area contributed by atoms with Crippen LogP contribution in [0.2, 0.25) is 0 Å². The third-order valence-electron chi connectivity index (χ3n) is 3.26. The summed E-state index contributed by atoms with van der Waals surface area (Å²) in [6.07, 6.45) is -3.02. The van der Waals surface area contributed by atoms with Crippen LogP contribution in [-0.2, 0) is 0 Å². The molecule has 1 fully saturated rings. The minimum atomic E-state index is -4.10. The number of nitrogens with zero attached hydrogens (tertiary/aromatic N) is 2. The van der Waals surface area contributed by atoms with Crippen LogP contribution < -0.4 is 5.32 Å². The zero-order valence-corrected chi connectivity index (χ0v) is 10.6. The van der Waals surface area contributed by atoms with E-state index in [-0.39, 0.29) is 0 Å². The minimum absolute atomic E-state index is 0.402. The summed E-state index contributed by atoms with van der Waals surface area (Å²) in [6, 6.07) is 0.534. The van der Waals surface area contributed by atoms with Gasteiger partial charge in [-0.15, -0.1) is 0 Å². The first-order chi connectivity index (χ1) is 7.92. The van der Waals surface area contributed by atoms with Crippen LogP contribution in [0.5, 0.6) is 0 Å². The van der Waals surface area contributed by atoms with Crippen molar-refractivity contribution in [3.05, 3.63) is 0 Å². The fourth-order valence-electron chi connectivity index (χ4n) is 2.12. The molecule has 1 heterocycles. The maximum absolute atomic E-state index is 11.9. The lowest BCUT2D eigenvalue weighted by Gasteiger charge is -2.39. The molecule has 17 heavy (non-hydrogen) atoms. The number of piperazine rings is 1. The molecule has 0 spiro atoms. The summed E-state index contributed by atoms with van der Waals surface area (Å²) in [5.41, 5.74) is 0. The molecule has 0 aromatic carbocycles. The van der Waals surface area contributed by atoms with Gasteiger partial charge in [0.05, 0.1) is 6.54 Å². The molecule has 1 unspecified atom stereocenters. The number of halogens is 3. The molecule has 1 atom stereocenters. The second kappa shape index (κ2) is 6.56. The van der Waals surface area contributed by atoms with Crippen LogP contribution in [0.15, 0.2) is 0 Å². The summed E-state index contributed by atoms with van der Waals surface area (Å²) in [5, 5.41) is 2.44. The lowest BCUT2D eigenvalue weighted by Crippen LogP contribution is -2.52. The molecule has 1 aliphatic heterocycles. The van der Waals surface area contributed by atoms with Crippen molar-refractivity contribution >= 4 is 0 Å². The standard InChI is InChI=1S/C11H22F3N3/c1-3-10-8-17(7-6-16(10)2)5-4-15-9-11(12,13)14/h10,15H,3-9H2,1-2H3. The number of nitrogens with one attached hydrogen (secondary N) is 1. The van der Waals surface area contributed by atoms with Crippen molar-refractivity contribution in [1.29, 1.82) is 0 Å². The van der Waals surface area contributed by atoms with E-state index in [9.17, 15) is 13.2 Å². The van der Waals surface area contributed by atoms with Gasteiger partial charge in [-0.2, -0.15) is 13.2 Å². The highest BCUT2D eigenvalue weighted by Crippen LogP contribution is 2.12. The highest BCUT2D eigenvalue weighted by Gasteiger charge is 2.26. The third kappa shape index (κ3) is 5.70. The Hall–Kier alpha value is -0.330. The summed E-state index contributed by atoms with van der Waals surface area (Å²) in [6.45, 7) is 5.25. The van der Waals surface area contributed by atoms with Crippen molar-refractivity contribution in [2.75, 3.05) is 46.3 Å². The van der Waals surface area contributed by atoms with Crippen molar-refractivity contribution in [2.24, 2.45) is 0 Å². The Morgan fingerprint density at radius 2 is 2.00 bits per heavy atom. The number of likely N-dealkylation sites (N-methyl/N-ethyl adjacent to an activating group) is 1. The van der Waals surface area contributed by atoms with Crippen molar-refractivity contribution < 1.29 is 13.2 Å². The maximum atomic E-state index is 11.9. The van der Waals surface area contributed by atoms with Gasteiger partial charge >= 0.3 is 6.18 Å². The van der Waals surface area contributed by atoms with Gasteiger partial charge in [0.2, 0.25) is 0 Å². The van der Waals surface area contributed by atoms with Gasteiger partial charge in [-0.25, -0.2) is 0 Å². The molecule has 0 amide bonds. The molecule has 6 heteroatoms. The summed E-state index contributed by atoms with van der Waals surface area (Å²) < 4.78 is 35.7. The number of hydrogen-bond acceptors (Lipinski definition) is 3. The second-order valence-electron chi connectivity index (χ2n) is 4.64. The van der Waals surface area contributed by atoms with Crippen molar-refractivity contribution in [2.45, 2.75) is 25.6 Å². The molecule has 1 rings (SSSR count). The Balaban J connectivity index is 2.16. The van der Waals surface area contributed by atoms with Crippen LogP contribution in [0, 0.1) is 0 Å². The van der Waals surface area contributed by atoms with Crippen LogP contribution >= 0.6 is 0 Å². The fourth-order valence-corrected chi connectivity index (χ4v) is 2.12. The van der Waals surface area contributed by atoms with Gasteiger partial charge in [0, 0.05) is 38.8 Å². The third-order valence-corrected chi connectivity index (χ3v) is 3.26. The average Bonchev–Trinajstić information content (AvgIpc) is 2.25. The van der Waals surface area contributed by atoms with Crippen LogP contribution in [-0.4, -0.2) is 68.3 Å². The van der Waals surface area contributed by atoms with Crippen molar-refractivity contribution in [3.63, 3.8) is 0 Å². The first kappa shape index (κ1) is 14.7. The summed E-state index contributed by atoms with van der Waals surface area (Å²) in [4.78, 5) is 4.55. The van der Waals surface area contributed by atoms with Gasteiger partial charge < -0.3 is 10.2 Å². The van der Waals surface area contributed by atoms with E-state index < -0.39 is 12.7 Å². The lowest BCUT2D eigenvalue weighted by molar-refractivity contribution is -0.124. The molecule has 0 aromatic rings. The molecule has 1 N–H and O–H groups in total. The molecule has 3 nitrogen and oxygen atoms in total. The quantitative estimate of drug-likeness (QED) is 0.742. The lowest BCUT2D eigenvalue weighted by atomic mass is 10.1. The van der Waals surface area contributed by atoms with Gasteiger partial charge in [-0.3, -0.25) is 4.90 Å². The summed E-state index contributed by atoms with van der Waals surface area (Å²) >= 11 is 0. The van der Waals surface area contributed by atoms with Gasteiger partial charge in [0.1, 0.15) is 0 Å². The summed E-state index contributed by atoms with van der Waals surface area (Å²) in [5.74, 6) is 0. The van der Waals surface area contributed by atoms with Crippen molar-refractivity contribution in [1.82, 2.24) is 15.1 Å². The van der Waals surface area contributed by atoms with Crippen molar-refractivity contribution in [3.8, 4) is 0 Å². The Kier molecular flexibility index (Phi) is 5.69. The predicted molar refractivity (Wildman–Crippen MR) is 62.1 cm³/mol. The molecule has 1 saturated heterocycles. The maximum Gasteiger partial charge on any atom is 0.401 e. The van der Waals surface area contributed by atoms with E-state index in [2.05, 4.69) is 29.1 Å². The highest BCUT2D eigenvalue weighted by atomic mass is 19.4. The van der Waals surface area contributed by atoms with Gasteiger partial charge in [-0.05, 0) is 13.5 Å². The van der Waals surface area contributed by atoms with E-state index in [4.69, 9.17) is 0 Å². The Bertz CT molecular complexity index is 220. The van der Waals surface area contributed by atoms with E-state index in [1.54, 1.807) is 0 Å². The first-order valence-electron chi connectivity index (χ1n) is 6.12. The Labute approximate surface area is 101 Å². The SMILES string of the molecule is CCC1CN(CCNCC(F)(F)F)CCN1C. The molecule has 0 bridgehead atoms. The van der Waals surface area contributed by atoms with Crippen LogP contribution in [0.1, 0.15) is 13.3 Å². The van der Waals surface area contributed by atoms with Crippen LogP contribution in [0.4, 0.5) is 13.2 Å². The van der Waals surface area contributed by atoms with E-state index in [1.807, 2.05) is 0 Å². The highest BCUT2D eigenvalue weighted by molar-refractivity contribution is 4.79. The molecule has 102 valence electrons. The minimum Gasteiger partial charge on any atom is -0.307 e. The smallest absolute Gasteiger partial charge is 0.307 e. The number of alkyl halides is 3. The summed E-state index contributed by atoms with van der Waals surface area (Å²) in [7, 11) is 2.10. The zero-order valence-electron chi connectivity index (χ0n) is 10.6. The fraction of sp³-hybridized carbons (Fsp3) is 1.00. The van der Waals surface area contributed by atoms with E-state index in [0.29, 0.717) is 19.1 Å². The monoisotopic (exact) mass is 253 g/mol. The Morgan fingerprint density at radius 1 is 1.29 bits per heavy atom. The van der Waals surface area contributed by atoms with Crippen LogP contribution in [0.3, 0.4) is 0 Å². The molecule has 0 radical (unpaired) electrons. The molecular formula is C11H22F3N3. The van der Waals surface area contributed by atoms with Gasteiger partial charge in [-0.1, -0.05) is 6.92 Å². The zero-order chi connectivity index (χ0) is 12.9. The second-order valence-corrected chi connectivity index (χ2v) is 4.64. The van der Waals surface area contributed by atoms with E-state index in [0.717, 1.165) is 26.1 Å². The Morgan fingerprint density at radius 3 is 2.59 bits per heavy atom. The average molecular weight is 253 g/mol. The van der Waals surface area contributed by atoms with Gasteiger partial charge in [0.15, 0.2) is 0 Å². The molecule has 0 aromatic heterocycles. The molecule has 1 aliphatic rings. The van der Waals surface area contributed by atoms with E-state index >= 15 is 0 Å². The molecular weight excluding hydrogens is 231 g/mol. The molecule has 0 saturated carbocycles. The topological polar surface area (TPSA) is 18.5 Å². The predicted octanol–water partition coefficient (Wildman–Crippen LogP) is 1.16. The van der Waals surface area contributed by atoms with Gasteiger partial charge in [0.25, 0.3) is 0 Å². The largest absolute Gasteiger partial charge is 0.401 e. The number of rotatable bonds is 5. The molecule has 0 aliphatic carbocycles. The first-order valence-corrected chi connectivity index (χ1v) is 6.12.